The van der Waals surface area contributed by atoms with Gasteiger partial charge in [0.05, 0.1) is 11.6 Å². The number of hydrogen-bond acceptors (Lipinski definition) is 4. The number of nitrogens with zero attached hydrogens (tertiary/aromatic N) is 1. The number of carboxylic acid groups (broad SMARTS) is 1. The van der Waals surface area contributed by atoms with Crippen LogP contribution in [0, 0.1) is 0 Å². The van der Waals surface area contributed by atoms with Crippen molar-refractivity contribution in [3.05, 3.63) is 21.6 Å². The third kappa shape index (κ3) is 3.03. The van der Waals surface area contributed by atoms with Crippen LogP contribution in [-0.4, -0.2) is 43.5 Å². The molecule has 1 aromatic rings. The number of sulfonamides is 1. The molecule has 0 saturated carbocycles. The Kier molecular flexibility index (Phi) is 4.82. The Morgan fingerprint density at radius 3 is 2.76 bits per heavy atom. The zero-order chi connectivity index (χ0) is 15.8. The molecule has 1 heterocycles. The van der Waals surface area contributed by atoms with Crippen LogP contribution in [-0.2, 0) is 14.8 Å². The van der Waals surface area contributed by atoms with Gasteiger partial charge < -0.3 is 9.84 Å². The number of methoxy groups -OCH3 is 1. The monoisotopic (exact) mass is 397 g/mol. The summed E-state index contributed by atoms with van der Waals surface area (Å²) in [5, 5.41) is 9.37. The molecule has 9 heteroatoms. The van der Waals surface area contributed by atoms with Crippen LogP contribution in [0.5, 0.6) is 5.75 Å². The van der Waals surface area contributed by atoms with Crippen LogP contribution in [0.1, 0.15) is 12.8 Å². The Morgan fingerprint density at radius 1 is 1.52 bits per heavy atom. The molecule has 6 nitrogen and oxygen atoms in total. The molecule has 1 N–H and O–H groups in total. The highest BCUT2D eigenvalue weighted by atomic mass is 79.9. The van der Waals surface area contributed by atoms with Crippen molar-refractivity contribution in [3.8, 4) is 5.75 Å². The molecule has 1 aromatic carbocycles. The van der Waals surface area contributed by atoms with Gasteiger partial charge in [0, 0.05) is 11.6 Å². The molecule has 0 aromatic heterocycles. The molecule has 1 fully saturated rings. The third-order valence-corrected chi connectivity index (χ3v) is 5.97. The van der Waals surface area contributed by atoms with Gasteiger partial charge in [0.25, 0.3) is 0 Å². The van der Waals surface area contributed by atoms with E-state index in [1.807, 2.05) is 0 Å². The van der Waals surface area contributed by atoms with Crippen molar-refractivity contribution < 1.29 is 23.1 Å². The lowest BCUT2D eigenvalue weighted by atomic mass is 10.2. The highest BCUT2D eigenvalue weighted by Gasteiger charge is 2.41. The number of aliphatic carboxylic acids is 1. The molecule has 2 rings (SSSR count). The van der Waals surface area contributed by atoms with E-state index in [9.17, 15) is 13.2 Å². The second-order valence-electron chi connectivity index (χ2n) is 4.53. The predicted octanol–water partition coefficient (Wildman–Crippen LogP) is 2.35. The normalized spacial score (nSPS) is 19.7. The van der Waals surface area contributed by atoms with Crippen LogP contribution in [0.15, 0.2) is 21.5 Å². The smallest absolute Gasteiger partial charge is 0.322 e. The minimum atomic E-state index is -4.01. The van der Waals surface area contributed by atoms with Crippen LogP contribution >= 0.6 is 27.5 Å². The van der Waals surface area contributed by atoms with Crippen molar-refractivity contribution in [3.63, 3.8) is 0 Å². The number of carbonyl (C=O) groups is 1. The highest BCUT2D eigenvalue weighted by molar-refractivity contribution is 9.10. The molecule has 0 spiro atoms. The summed E-state index contributed by atoms with van der Waals surface area (Å²) >= 11 is 9.10. The molecule has 1 aliphatic heterocycles. The summed E-state index contributed by atoms with van der Waals surface area (Å²) in [5.41, 5.74) is 0. The number of halogens is 2. The Labute approximate surface area is 135 Å². The van der Waals surface area contributed by atoms with Crippen molar-refractivity contribution in [1.82, 2.24) is 4.31 Å². The Hall–Kier alpha value is -0.830. The topological polar surface area (TPSA) is 83.9 Å². The molecule has 0 bridgehead atoms. The summed E-state index contributed by atoms with van der Waals surface area (Å²) in [4.78, 5) is 11.1. The Balaban J connectivity index is 2.57. The number of ether oxygens (including phenoxy) is 1. The molecule has 1 unspecified atom stereocenters. The summed E-state index contributed by atoms with van der Waals surface area (Å²) in [6, 6.07) is 1.72. The van der Waals surface area contributed by atoms with Crippen molar-refractivity contribution in [2.24, 2.45) is 0 Å². The molecule has 1 saturated heterocycles. The van der Waals surface area contributed by atoms with Crippen molar-refractivity contribution in [2.75, 3.05) is 13.7 Å². The van der Waals surface area contributed by atoms with Crippen molar-refractivity contribution in [2.45, 2.75) is 23.8 Å². The van der Waals surface area contributed by atoms with E-state index in [1.165, 1.54) is 19.2 Å². The summed E-state index contributed by atoms with van der Waals surface area (Å²) < 4.78 is 32.0. The van der Waals surface area contributed by atoms with E-state index in [0.29, 0.717) is 17.3 Å². The maximum atomic E-state index is 12.7. The number of benzene rings is 1. The summed E-state index contributed by atoms with van der Waals surface area (Å²) in [6.45, 7) is 0.159. The van der Waals surface area contributed by atoms with Gasteiger partial charge in [-0.2, -0.15) is 4.31 Å². The zero-order valence-electron chi connectivity index (χ0n) is 11.0. The standard InChI is InChI=1S/C12H13BrClNO5S/c1-20-11-8(13)5-7(14)6-10(11)21(18,19)15-4-2-3-9(15)12(16)17/h5-6,9H,2-4H2,1H3,(H,16,17). The minimum Gasteiger partial charge on any atom is -0.494 e. The maximum absolute atomic E-state index is 12.7. The first-order chi connectivity index (χ1) is 9.78. The van der Waals surface area contributed by atoms with E-state index in [1.54, 1.807) is 0 Å². The van der Waals surface area contributed by atoms with E-state index in [4.69, 9.17) is 21.4 Å². The Morgan fingerprint density at radius 2 is 2.19 bits per heavy atom. The van der Waals surface area contributed by atoms with Crippen LogP contribution in [0.3, 0.4) is 0 Å². The fourth-order valence-electron chi connectivity index (χ4n) is 2.33. The molecular weight excluding hydrogens is 386 g/mol. The van der Waals surface area contributed by atoms with Gasteiger partial charge in [-0.05, 0) is 40.9 Å². The fraction of sp³-hybridized carbons (Fsp3) is 0.417. The molecular formula is C12H13BrClNO5S. The van der Waals surface area contributed by atoms with E-state index in [-0.39, 0.29) is 22.2 Å². The maximum Gasteiger partial charge on any atom is 0.322 e. The lowest BCUT2D eigenvalue weighted by Crippen LogP contribution is -2.40. The quantitative estimate of drug-likeness (QED) is 0.841. The number of rotatable bonds is 4. The lowest BCUT2D eigenvalue weighted by Gasteiger charge is -2.22. The first kappa shape index (κ1) is 16.5. The van der Waals surface area contributed by atoms with Gasteiger partial charge in [-0.15, -0.1) is 0 Å². The van der Waals surface area contributed by atoms with Gasteiger partial charge in [0.2, 0.25) is 10.0 Å². The SMILES string of the molecule is COc1c(Br)cc(Cl)cc1S(=O)(=O)N1CCCC1C(=O)O. The molecule has 1 aliphatic rings. The van der Waals surface area contributed by atoms with Crippen molar-refractivity contribution >= 4 is 43.5 Å². The van der Waals surface area contributed by atoms with Gasteiger partial charge >= 0.3 is 5.97 Å². The predicted molar refractivity (Wildman–Crippen MR) is 80.3 cm³/mol. The first-order valence-corrected chi connectivity index (χ1v) is 8.68. The molecule has 21 heavy (non-hydrogen) atoms. The van der Waals surface area contributed by atoms with E-state index >= 15 is 0 Å². The van der Waals surface area contributed by atoms with Crippen LogP contribution in [0.25, 0.3) is 0 Å². The summed E-state index contributed by atoms with van der Waals surface area (Å²) in [6.07, 6.45) is 0.791. The number of carboxylic acids is 1. The second kappa shape index (κ2) is 6.12. The van der Waals surface area contributed by atoms with Crippen LogP contribution < -0.4 is 4.74 Å². The average Bonchev–Trinajstić information content (AvgIpc) is 2.87. The van der Waals surface area contributed by atoms with E-state index in [2.05, 4.69) is 15.9 Å². The lowest BCUT2D eigenvalue weighted by molar-refractivity contribution is -0.140. The van der Waals surface area contributed by atoms with E-state index < -0.39 is 22.0 Å². The minimum absolute atomic E-state index is 0.107. The van der Waals surface area contributed by atoms with E-state index in [0.717, 1.165) is 4.31 Å². The van der Waals surface area contributed by atoms with Gasteiger partial charge in [0.1, 0.15) is 10.9 Å². The van der Waals surface area contributed by atoms with Gasteiger partial charge in [-0.3, -0.25) is 4.79 Å². The van der Waals surface area contributed by atoms with Gasteiger partial charge in [0.15, 0.2) is 5.75 Å². The molecule has 116 valence electrons. The van der Waals surface area contributed by atoms with Gasteiger partial charge in [-0.1, -0.05) is 11.6 Å². The summed E-state index contributed by atoms with van der Waals surface area (Å²) in [5.74, 6) is -1.05. The van der Waals surface area contributed by atoms with Crippen LogP contribution in [0.2, 0.25) is 5.02 Å². The zero-order valence-corrected chi connectivity index (χ0v) is 14.2. The molecule has 0 amide bonds. The largest absolute Gasteiger partial charge is 0.494 e. The fourth-order valence-corrected chi connectivity index (χ4v) is 5.35. The van der Waals surface area contributed by atoms with Crippen LogP contribution in [0.4, 0.5) is 0 Å². The van der Waals surface area contributed by atoms with Gasteiger partial charge in [-0.25, -0.2) is 8.42 Å². The average molecular weight is 399 g/mol. The molecule has 0 radical (unpaired) electrons. The molecule has 1 atom stereocenters. The second-order valence-corrected chi connectivity index (χ2v) is 7.68. The third-order valence-electron chi connectivity index (χ3n) is 3.25. The first-order valence-electron chi connectivity index (χ1n) is 6.06. The number of hydrogen-bond donors (Lipinski definition) is 1. The Bertz CT molecular complexity index is 678. The van der Waals surface area contributed by atoms with Crippen molar-refractivity contribution in [1.29, 1.82) is 0 Å². The highest BCUT2D eigenvalue weighted by Crippen LogP contribution is 2.38. The molecule has 0 aliphatic carbocycles. The summed E-state index contributed by atoms with van der Waals surface area (Å²) in [7, 11) is -2.67.